The molecule has 1 aliphatic rings. The second kappa shape index (κ2) is 13.6. The van der Waals surface area contributed by atoms with Crippen molar-refractivity contribution in [1.82, 2.24) is 19.6 Å². The summed E-state index contributed by atoms with van der Waals surface area (Å²) in [5, 5.41) is 30.4. The molecule has 5 aromatic rings. The van der Waals surface area contributed by atoms with Crippen LogP contribution in [0.15, 0.2) is 120 Å². The van der Waals surface area contributed by atoms with Gasteiger partial charge >= 0.3 is 0 Å². The molecule has 10 nitrogen and oxygen atoms in total. The van der Waals surface area contributed by atoms with Crippen LogP contribution in [-0.4, -0.2) is 49.4 Å². The van der Waals surface area contributed by atoms with Crippen molar-refractivity contribution in [3.63, 3.8) is 0 Å². The number of amides is 1. The Labute approximate surface area is 272 Å². The lowest BCUT2D eigenvalue weighted by Crippen LogP contribution is -2.44. The molecule has 0 aliphatic carbocycles. The average Bonchev–Trinajstić information content (AvgIpc) is 3.65. The summed E-state index contributed by atoms with van der Waals surface area (Å²) in [7, 11) is 1.46. The summed E-state index contributed by atoms with van der Waals surface area (Å²) in [6.45, 7) is 2.58. The van der Waals surface area contributed by atoms with Crippen LogP contribution in [0.4, 0.5) is 5.69 Å². The highest BCUT2D eigenvalue weighted by Gasteiger charge is 2.52. The summed E-state index contributed by atoms with van der Waals surface area (Å²) >= 11 is 0. The predicted molar refractivity (Wildman–Crippen MR) is 178 cm³/mol. The zero-order valence-corrected chi connectivity index (χ0v) is 26.3. The fourth-order valence-electron chi connectivity index (χ4n) is 6.12. The predicted octanol–water partition coefficient (Wildman–Crippen LogP) is 4.58. The highest BCUT2D eigenvalue weighted by atomic mass is 16.5. The second-order valence-electron chi connectivity index (χ2n) is 11.7. The topological polar surface area (TPSA) is 123 Å². The van der Waals surface area contributed by atoms with Gasteiger partial charge in [0.2, 0.25) is 0 Å². The number of carbonyl (C=O) groups is 1. The molecular weight excluding hydrogens is 594 g/mol. The van der Waals surface area contributed by atoms with Crippen LogP contribution in [-0.2, 0) is 23.5 Å². The van der Waals surface area contributed by atoms with Gasteiger partial charge in [-0.25, -0.2) is 0 Å². The quantitative estimate of drug-likeness (QED) is 0.193. The van der Waals surface area contributed by atoms with Crippen LogP contribution in [0.25, 0.3) is 5.69 Å². The van der Waals surface area contributed by atoms with Gasteiger partial charge in [-0.05, 0) is 47.9 Å². The first-order chi connectivity index (χ1) is 22.8. The van der Waals surface area contributed by atoms with Gasteiger partial charge in [-0.15, -0.1) is 5.10 Å². The van der Waals surface area contributed by atoms with Crippen LogP contribution in [0, 0.1) is 5.92 Å². The van der Waals surface area contributed by atoms with Crippen LogP contribution < -0.4 is 15.2 Å². The number of aromatic nitrogens is 4. The maximum Gasteiger partial charge on any atom is 0.297 e. The molecule has 1 unspecified atom stereocenters. The van der Waals surface area contributed by atoms with Crippen molar-refractivity contribution < 1.29 is 19.7 Å². The Kier molecular flexibility index (Phi) is 9.15. The van der Waals surface area contributed by atoms with E-state index in [0.717, 1.165) is 11.1 Å². The van der Waals surface area contributed by atoms with Gasteiger partial charge in [0.1, 0.15) is 0 Å². The number of benzene rings is 3. The standard InChI is InChI=1S/C37H37N5O5/c1-26(11-8-9-21-40-24-32(38-39-40)30(25-43)28-12-4-3-5-13-28)37(46)31-14-6-7-15-33(31)42(36(37)45)23-27-17-19-29(20-18-27)41-22-10-16-34(47-2)35(41)44/h3-8,10-20,22,24,26,30,43,46H,9,21,23,25H2,1-2H3/b11-8+/t26-,30?,37+/m1/s1. The van der Waals surface area contributed by atoms with E-state index in [4.69, 9.17) is 4.74 Å². The minimum atomic E-state index is -1.73. The number of aliphatic hydroxyl groups excluding tert-OH is 1. The Balaban J connectivity index is 1.13. The number of methoxy groups -OCH3 is 1. The number of rotatable bonds is 12. The highest BCUT2D eigenvalue weighted by molar-refractivity contribution is 6.07. The van der Waals surface area contributed by atoms with Crippen molar-refractivity contribution in [3.8, 4) is 11.4 Å². The van der Waals surface area contributed by atoms with E-state index in [1.807, 2.05) is 98.1 Å². The lowest BCUT2D eigenvalue weighted by molar-refractivity contribution is -0.139. The third-order valence-corrected chi connectivity index (χ3v) is 8.77. The van der Waals surface area contributed by atoms with E-state index in [0.29, 0.717) is 35.6 Å². The number of nitrogens with zero attached hydrogens (tertiary/aromatic N) is 5. The lowest BCUT2D eigenvalue weighted by Gasteiger charge is -2.27. The number of para-hydroxylation sites is 1. The molecular formula is C37H37N5O5. The molecule has 3 heterocycles. The van der Waals surface area contributed by atoms with E-state index < -0.39 is 11.5 Å². The molecule has 1 amide bonds. The Hall–Kier alpha value is -5.32. The number of anilines is 1. The first-order valence-electron chi connectivity index (χ1n) is 15.6. The Bertz CT molecular complexity index is 1930. The van der Waals surface area contributed by atoms with E-state index in [2.05, 4.69) is 10.3 Å². The molecule has 2 aromatic heterocycles. The Morgan fingerprint density at radius 2 is 1.70 bits per heavy atom. The van der Waals surface area contributed by atoms with Crippen LogP contribution in [0.2, 0.25) is 0 Å². The second-order valence-corrected chi connectivity index (χ2v) is 11.7. The SMILES string of the molecule is COc1cccn(-c2ccc(CN3C(=O)[C@](O)([C@H](C)/C=C/CCn4cc(C(CO)c5ccccc5)nn4)c4ccccc43)cc2)c1=O. The van der Waals surface area contributed by atoms with Gasteiger partial charge in [-0.3, -0.25) is 18.8 Å². The minimum Gasteiger partial charge on any atom is -0.491 e. The summed E-state index contributed by atoms with van der Waals surface area (Å²) < 4.78 is 8.40. The number of hydrogen-bond acceptors (Lipinski definition) is 7. The number of fused-ring (bicyclic) bond motifs is 1. The highest BCUT2D eigenvalue weighted by Crippen LogP contribution is 2.45. The molecule has 0 fully saturated rings. The zero-order chi connectivity index (χ0) is 33.0. The van der Waals surface area contributed by atoms with Crippen molar-refractivity contribution in [3.05, 3.63) is 148 Å². The number of pyridine rings is 1. The first kappa shape index (κ1) is 31.7. The molecule has 0 spiro atoms. The molecule has 0 saturated heterocycles. The van der Waals surface area contributed by atoms with Crippen LogP contribution in [0.1, 0.15) is 41.6 Å². The molecule has 3 aromatic carbocycles. The van der Waals surface area contributed by atoms with Crippen molar-refractivity contribution in [2.45, 2.75) is 38.0 Å². The summed E-state index contributed by atoms with van der Waals surface area (Å²) in [6.07, 6.45) is 7.95. The molecule has 0 radical (unpaired) electrons. The first-order valence-corrected chi connectivity index (χ1v) is 15.6. The summed E-state index contributed by atoms with van der Waals surface area (Å²) in [5.74, 6) is -0.894. The zero-order valence-electron chi connectivity index (χ0n) is 26.3. The molecule has 47 heavy (non-hydrogen) atoms. The van der Waals surface area contributed by atoms with Gasteiger partial charge in [-0.2, -0.15) is 0 Å². The monoisotopic (exact) mass is 631 g/mol. The molecule has 3 atom stereocenters. The summed E-state index contributed by atoms with van der Waals surface area (Å²) in [5.41, 5.74) is 2.44. The van der Waals surface area contributed by atoms with E-state index in [1.165, 1.54) is 11.7 Å². The van der Waals surface area contributed by atoms with E-state index in [-0.39, 0.29) is 36.3 Å². The molecule has 10 heteroatoms. The number of aryl methyl sites for hydroxylation is 1. The Morgan fingerprint density at radius 3 is 2.45 bits per heavy atom. The largest absolute Gasteiger partial charge is 0.491 e. The van der Waals surface area contributed by atoms with Crippen molar-refractivity contribution in [1.29, 1.82) is 0 Å². The average molecular weight is 632 g/mol. The van der Waals surface area contributed by atoms with Crippen LogP contribution >= 0.6 is 0 Å². The Morgan fingerprint density at radius 1 is 0.957 bits per heavy atom. The molecule has 240 valence electrons. The van der Waals surface area contributed by atoms with Gasteiger partial charge in [0.05, 0.1) is 37.6 Å². The molecule has 1 aliphatic heterocycles. The fourth-order valence-corrected chi connectivity index (χ4v) is 6.12. The number of allylic oxidation sites excluding steroid dienone is 1. The van der Waals surface area contributed by atoms with Gasteiger partial charge in [-0.1, -0.05) is 85.0 Å². The number of ether oxygens (including phenoxy) is 1. The summed E-state index contributed by atoms with van der Waals surface area (Å²) in [6, 6.07) is 27.8. The van der Waals surface area contributed by atoms with E-state index in [1.54, 1.807) is 34.0 Å². The third-order valence-electron chi connectivity index (χ3n) is 8.77. The molecule has 0 bridgehead atoms. The van der Waals surface area contributed by atoms with Crippen molar-refractivity contribution >= 4 is 11.6 Å². The molecule has 2 N–H and O–H groups in total. The fraction of sp³-hybridized carbons (Fsp3) is 0.243. The maximum atomic E-state index is 13.9. The van der Waals surface area contributed by atoms with Gasteiger partial charge < -0.3 is 19.8 Å². The number of aliphatic hydroxyl groups is 2. The number of carbonyl (C=O) groups excluding carboxylic acids is 1. The van der Waals surface area contributed by atoms with Crippen molar-refractivity contribution in [2.75, 3.05) is 18.6 Å². The van der Waals surface area contributed by atoms with Gasteiger partial charge in [0.25, 0.3) is 11.5 Å². The summed E-state index contributed by atoms with van der Waals surface area (Å²) in [4.78, 5) is 28.2. The van der Waals surface area contributed by atoms with Crippen molar-refractivity contribution in [2.24, 2.45) is 5.92 Å². The van der Waals surface area contributed by atoms with E-state index >= 15 is 0 Å². The van der Waals surface area contributed by atoms with Crippen LogP contribution in [0.3, 0.4) is 0 Å². The molecule has 6 rings (SSSR count). The van der Waals surface area contributed by atoms with Crippen LogP contribution in [0.5, 0.6) is 5.75 Å². The maximum absolute atomic E-state index is 13.9. The third kappa shape index (κ3) is 6.13. The van der Waals surface area contributed by atoms with E-state index in [9.17, 15) is 19.8 Å². The number of hydrogen-bond donors (Lipinski definition) is 2. The molecule has 0 saturated carbocycles. The smallest absolute Gasteiger partial charge is 0.297 e. The lowest BCUT2D eigenvalue weighted by atomic mass is 9.83. The van der Waals surface area contributed by atoms with Gasteiger partial charge in [0.15, 0.2) is 11.4 Å². The minimum absolute atomic E-state index is 0.0682. The van der Waals surface area contributed by atoms with Gasteiger partial charge in [0, 0.05) is 36.1 Å². The normalized spacial score (nSPS) is 17.2.